The zero-order valence-electron chi connectivity index (χ0n) is 10.9. The summed E-state index contributed by atoms with van der Waals surface area (Å²) >= 11 is 3.42. The Morgan fingerprint density at radius 3 is 2.74 bits per heavy atom. The molecule has 0 aliphatic heterocycles. The molecule has 0 fully saturated rings. The summed E-state index contributed by atoms with van der Waals surface area (Å²) < 4.78 is 6.18. The number of aliphatic hydroxyl groups excluding tert-OH is 1. The Hall–Kier alpha value is -1.07. The molecule has 0 bridgehead atoms. The van der Waals surface area contributed by atoms with Gasteiger partial charge >= 0.3 is 5.97 Å². The molecule has 1 rings (SSSR count). The number of benzene rings is 1. The Bertz CT molecular complexity index is 420. The van der Waals surface area contributed by atoms with Gasteiger partial charge in [-0.05, 0) is 43.9 Å². The summed E-state index contributed by atoms with van der Waals surface area (Å²) in [7, 11) is 0. The molecule has 0 radical (unpaired) electrons. The molecule has 0 aliphatic carbocycles. The van der Waals surface area contributed by atoms with Crippen molar-refractivity contribution in [2.75, 3.05) is 6.61 Å². The highest BCUT2D eigenvalue weighted by Crippen LogP contribution is 2.30. The Balaban J connectivity index is 2.52. The molecule has 106 valence electrons. The van der Waals surface area contributed by atoms with Crippen LogP contribution in [0.2, 0.25) is 0 Å². The predicted octanol–water partition coefficient (Wildman–Crippen LogP) is 3.53. The van der Waals surface area contributed by atoms with Crippen molar-refractivity contribution in [1.82, 2.24) is 0 Å². The molecule has 0 spiro atoms. The summed E-state index contributed by atoms with van der Waals surface area (Å²) in [4.78, 5) is 10.4. The third-order valence-corrected chi connectivity index (χ3v) is 3.45. The van der Waals surface area contributed by atoms with Crippen LogP contribution in [0.25, 0.3) is 0 Å². The number of halogens is 1. The van der Waals surface area contributed by atoms with Crippen LogP contribution >= 0.6 is 15.9 Å². The molecule has 1 unspecified atom stereocenters. The fourth-order valence-corrected chi connectivity index (χ4v) is 2.43. The van der Waals surface area contributed by atoms with Crippen LogP contribution in [0.5, 0.6) is 5.75 Å². The molecule has 4 nitrogen and oxygen atoms in total. The van der Waals surface area contributed by atoms with Crippen molar-refractivity contribution in [3.63, 3.8) is 0 Å². The number of carboxylic acids is 1. The summed E-state index contributed by atoms with van der Waals surface area (Å²) in [5, 5.41) is 18.6. The number of aliphatic carboxylic acids is 1. The molecule has 0 heterocycles. The highest BCUT2D eigenvalue weighted by molar-refractivity contribution is 9.10. The van der Waals surface area contributed by atoms with E-state index in [0.29, 0.717) is 25.9 Å². The van der Waals surface area contributed by atoms with Crippen LogP contribution in [0.1, 0.15) is 44.3 Å². The number of aliphatic hydroxyl groups is 1. The van der Waals surface area contributed by atoms with Gasteiger partial charge in [0, 0.05) is 10.9 Å². The fourth-order valence-electron chi connectivity index (χ4n) is 1.80. The van der Waals surface area contributed by atoms with Gasteiger partial charge in [-0.25, -0.2) is 0 Å². The van der Waals surface area contributed by atoms with Gasteiger partial charge in [0.1, 0.15) is 5.75 Å². The molecule has 0 aromatic heterocycles. The number of rotatable bonds is 8. The third-order valence-electron chi connectivity index (χ3n) is 2.76. The number of unbranched alkanes of at least 4 members (excludes halogenated alkanes) is 1. The number of hydrogen-bond donors (Lipinski definition) is 2. The lowest BCUT2D eigenvalue weighted by atomic mass is 10.0. The van der Waals surface area contributed by atoms with E-state index in [1.54, 1.807) is 0 Å². The number of hydrogen-bond acceptors (Lipinski definition) is 3. The summed E-state index contributed by atoms with van der Waals surface area (Å²) in [6.07, 6.45) is 1.39. The van der Waals surface area contributed by atoms with Gasteiger partial charge in [0.05, 0.1) is 12.7 Å². The normalized spacial score (nSPS) is 12.2. The molecule has 0 saturated carbocycles. The predicted molar refractivity (Wildman–Crippen MR) is 76.4 cm³/mol. The molecule has 0 saturated heterocycles. The Morgan fingerprint density at radius 2 is 2.16 bits per heavy atom. The minimum absolute atomic E-state index is 0.150. The maximum absolute atomic E-state index is 10.4. The maximum Gasteiger partial charge on any atom is 0.303 e. The van der Waals surface area contributed by atoms with Crippen molar-refractivity contribution in [2.45, 2.75) is 38.7 Å². The van der Waals surface area contributed by atoms with Gasteiger partial charge in [-0.2, -0.15) is 0 Å². The second kappa shape index (κ2) is 8.17. The SMILES string of the molecule is CCOc1ccc(C(O)CCCCC(=O)O)c(Br)c1. The van der Waals surface area contributed by atoms with Gasteiger partial charge in [-0.1, -0.05) is 22.0 Å². The second-order valence-corrected chi connectivity index (χ2v) is 5.13. The van der Waals surface area contributed by atoms with Gasteiger partial charge in [0.15, 0.2) is 0 Å². The number of ether oxygens (including phenoxy) is 1. The van der Waals surface area contributed by atoms with E-state index in [0.717, 1.165) is 15.8 Å². The first kappa shape index (κ1) is 16.0. The van der Waals surface area contributed by atoms with Crippen LogP contribution in [-0.2, 0) is 4.79 Å². The molecule has 19 heavy (non-hydrogen) atoms. The number of carbonyl (C=O) groups is 1. The van der Waals surface area contributed by atoms with Crippen molar-refractivity contribution >= 4 is 21.9 Å². The summed E-state index contributed by atoms with van der Waals surface area (Å²) in [6.45, 7) is 2.52. The fraction of sp³-hybridized carbons (Fsp3) is 0.500. The summed E-state index contributed by atoms with van der Waals surface area (Å²) in [5.74, 6) is -0.0343. The first-order chi connectivity index (χ1) is 9.04. The first-order valence-corrected chi connectivity index (χ1v) is 7.16. The quantitative estimate of drug-likeness (QED) is 0.715. The van der Waals surface area contributed by atoms with E-state index >= 15 is 0 Å². The Labute approximate surface area is 121 Å². The molecule has 0 aliphatic rings. The van der Waals surface area contributed by atoms with Crippen molar-refractivity contribution in [1.29, 1.82) is 0 Å². The van der Waals surface area contributed by atoms with Crippen LogP contribution in [0.15, 0.2) is 22.7 Å². The molecule has 5 heteroatoms. The zero-order chi connectivity index (χ0) is 14.3. The van der Waals surface area contributed by atoms with Crippen molar-refractivity contribution in [3.05, 3.63) is 28.2 Å². The standard InChI is InChI=1S/C14H19BrO4/c1-2-19-10-7-8-11(12(15)9-10)13(16)5-3-4-6-14(17)18/h7-9,13,16H,2-6H2,1H3,(H,17,18). The second-order valence-electron chi connectivity index (χ2n) is 4.27. The smallest absolute Gasteiger partial charge is 0.303 e. The highest BCUT2D eigenvalue weighted by Gasteiger charge is 2.12. The van der Waals surface area contributed by atoms with Crippen LogP contribution < -0.4 is 4.74 Å². The van der Waals surface area contributed by atoms with Crippen LogP contribution in [0, 0.1) is 0 Å². The van der Waals surface area contributed by atoms with E-state index in [2.05, 4.69) is 15.9 Å². The van der Waals surface area contributed by atoms with Crippen molar-refractivity contribution in [3.8, 4) is 5.75 Å². The van der Waals surface area contributed by atoms with Gasteiger partial charge < -0.3 is 14.9 Å². The molecule has 2 N–H and O–H groups in total. The van der Waals surface area contributed by atoms with E-state index < -0.39 is 12.1 Å². The average molecular weight is 331 g/mol. The molecular weight excluding hydrogens is 312 g/mol. The van der Waals surface area contributed by atoms with E-state index in [-0.39, 0.29) is 6.42 Å². The highest BCUT2D eigenvalue weighted by atomic mass is 79.9. The monoisotopic (exact) mass is 330 g/mol. The van der Waals surface area contributed by atoms with E-state index in [1.165, 1.54) is 0 Å². The Kier molecular flexibility index (Phi) is 6.87. The molecular formula is C14H19BrO4. The van der Waals surface area contributed by atoms with E-state index in [4.69, 9.17) is 9.84 Å². The lowest BCUT2D eigenvalue weighted by Gasteiger charge is -2.14. The van der Waals surface area contributed by atoms with E-state index in [9.17, 15) is 9.90 Å². The minimum Gasteiger partial charge on any atom is -0.494 e. The minimum atomic E-state index is -0.795. The van der Waals surface area contributed by atoms with Crippen LogP contribution in [0.3, 0.4) is 0 Å². The Morgan fingerprint density at radius 1 is 1.42 bits per heavy atom. The largest absolute Gasteiger partial charge is 0.494 e. The topological polar surface area (TPSA) is 66.8 Å². The maximum atomic E-state index is 10.4. The van der Waals surface area contributed by atoms with Crippen LogP contribution in [-0.4, -0.2) is 22.8 Å². The zero-order valence-corrected chi connectivity index (χ0v) is 12.5. The lowest BCUT2D eigenvalue weighted by Crippen LogP contribution is -2.01. The molecule has 1 aromatic carbocycles. The van der Waals surface area contributed by atoms with E-state index in [1.807, 2.05) is 25.1 Å². The molecule has 1 atom stereocenters. The van der Waals surface area contributed by atoms with Crippen LogP contribution in [0.4, 0.5) is 0 Å². The van der Waals surface area contributed by atoms with Gasteiger partial charge in [0.25, 0.3) is 0 Å². The molecule has 0 amide bonds. The summed E-state index contributed by atoms with van der Waals surface area (Å²) in [6, 6.07) is 5.49. The molecule has 1 aromatic rings. The first-order valence-electron chi connectivity index (χ1n) is 6.36. The average Bonchev–Trinajstić information content (AvgIpc) is 2.34. The number of carboxylic acid groups (broad SMARTS) is 1. The van der Waals surface area contributed by atoms with Crippen molar-refractivity contribution in [2.24, 2.45) is 0 Å². The third kappa shape index (κ3) is 5.61. The lowest BCUT2D eigenvalue weighted by molar-refractivity contribution is -0.137. The van der Waals surface area contributed by atoms with Crippen molar-refractivity contribution < 1.29 is 19.7 Å². The summed E-state index contributed by atoms with van der Waals surface area (Å²) in [5.41, 5.74) is 0.804. The van der Waals surface area contributed by atoms with Gasteiger partial charge in [-0.15, -0.1) is 0 Å². The van der Waals surface area contributed by atoms with Gasteiger partial charge in [0.2, 0.25) is 0 Å². The van der Waals surface area contributed by atoms with Gasteiger partial charge in [-0.3, -0.25) is 4.79 Å².